The van der Waals surface area contributed by atoms with E-state index in [1.165, 1.54) is 10.9 Å². The molecule has 0 fully saturated rings. The number of alkyl halides is 3. The second-order valence-corrected chi connectivity index (χ2v) is 6.64. The third-order valence-electron chi connectivity index (χ3n) is 3.95. The molecule has 0 aliphatic rings. The molecule has 0 unspecified atom stereocenters. The number of amides is 1. The van der Waals surface area contributed by atoms with Gasteiger partial charge in [-0.2, -0.15) is 18.3 Å². The lowest BCUT2D eigenvalue weighted by Gasteiger charge is -2.08. The molecule has 3 rings (SSSR count). The van der Waals surface area contributed by atoms with Gasteiger partial charge in [0.25, 0.3) is 5.91 Å². The number of ether oxygens (including phenoxy) is 1. The van der Waals surface area contributed by atoms with Crippen molar-refractivity contribution in [1.82, 2.24) is 15.1 Å². The highest BCUT2D eigenvalue weighted by molar-refractivity contribution is 6.32. The summed E-state index contributed by atoms with van der Waals surface area (Å²) >= 11 is 6.13. The summed E-state index contributed by atoms with van der Waals surface area (Å²) in [5.41, 5.74) is 2.46. The maximum absolute atomic E-state index is 12.3. The van der Waals surface area contributed by atoms with Crippen LogP contribution in [0.5, 0.6) is 0 Å². The van der Waals surface area contributed by atoms with Crippen LogP contribution in [0.3, 0.4) is 0 Å². The van der Waals surface area contributed by atoms with Crippen molar-refractivity contribution in [2.45, 2.75) is 19.3 Å². The average molecular weight is 424 g/mol. The van der Waals surface area contributed by atoms with Crippen molar-refractivity contribution in [3.63, 3.8) is 0 Å². The molecule has 0 bridgehead atoms. The molecule has 0 radical (unpaired) electrons. The minimum absolute atomic E-state index is 0.132. The van der Waals surface area contributed by atoms with E-state index in [0.717, 1.165) is 5.56 Å². The number of rotatable bonds is 7. The van der Waals surface area contributed by atoms with Gasteiger partial charge in [0, 0.05) is 12.7 Å². The predicted molar refractivity (Wildman–Crippen MR) is 102 cm³/mol. The Kier molecular flexibility index (Phi) is 6.56. The molecule has 5 nitrogen and oxygen atoms in total. The van der Waals surface area contributed by atoms with E-state index in [1.807, 2.05) is 6.07 Å². The smallest absolute Gasteiger partial charge is 0.367 e. The molecule has 1 heterocycles. The van der Waals surface area contributed by atoms with Crippen LogP contribution in [-0.4, -0.2) is 28.5 Å². The van der Waals surface area contributed by atoms with Crippen LogP contribution < -0.4 is 5.32 Å². The molecule has 2 aromatic carbocycles. The zero-order chi connectivity index (χ0) is 20.9. The van der Waals surface area contributed by atoms with Gasteiger partial charge < -0.3 is 10.1 Å². The van der Waals surface area contributed by atoms with Crippen LogP contribution in [0.4, 0.5) is 13.2 Å². The lowest BCUT2D eigenvalue weighted by molar-refractivity contribution is -0.176. The van der Waals surface area contributed by atoms with E-state index >= 15 is 0 Å². The summed E-state index contributed by atoms with van der Waals surface area (Å²) in [7, 11) is 0. The Morgan fingerprint density at radius 1 is 1.10 bits per heavy atom. The number of nitrogens with one attached hydrogen (secondary N) is 1. The first-order valence-corrected chi connectivity index (χ1v) is 9.00. The van der Waals surface area contributed by atoms with Crippen molar-refractivity contribution in [1.29, 1.82) is 0 Å². The first-order valence-electron chi connectivity index (χ1n) is 8.62. The van der Waals surface area contributed by atoms with Crippen LogP contribution in [0.1, 0.15) is 21.5 Å². The molecule has 152 valence electrons. The monoisotopic (exact) mass is 423 g/mol. The molecule has 1 N–H and O–H groups in total. The molecule has 0 aliphatic heterocycles. The van der Waals surface area contributed by atoms with E-state index in [-0.39, 0.29) is 19.1 Å². The summed E-state index contributed by atoms with van der Waals surface area (Å²) in [5, 5.41) is 7.45. The zero-order valence-corrected chi connectivity index (χ0v) is 15.9. The fourth-order valence-electron chi connectivity index (χ4n) is 2.53. The van der Waals surface area contributed by atoms with Gasteiger partial charge in [0.15, 0.2) is 0 Å². The number of nitrogens with zero attached hydrogens (tertiary/aromatic N) is 2. The first-order chi connectivity index (χ1) is 13.8. The topological polar surface area (TPSA) is 56.1 Å². The molecule has 29 heavy (non-hydrogen) atoms. The van der Waals surface area contributed by atoms with E-state index in [9.17, 15) is 18.0 Å². The second-order valence-electron chi connectivity index (χ2n) is 6.23. The number of para-hydroxylation sites is 1. The lowest BCUT2D eigenvalue weighted by atomic mass is 10.1. The van der Waals surface area contributed by atoms with Gasteiger partial charge in [-0.3, -0.25) is 4.79 Å². The van der Waals surface area contributed by atoms with Crippen LogP contribution in [0.25, 0.3) is 5.69 Å². The summed E-state index contributed by atoms with van der Waals surface area (Å²) in [6.45, 7) is -1.15. The molecule has 1 aromatic heterocycles. The van der Waals surface area contributed by atoms with Gasteiger partial charge in [-0.25, -0.2) is 4.68 Å². The fourth-order valence-corrected chi connectivity index (χ4v) is 2.75. The number of hydrogen-bond acceptors (Lipinski definition) is 3. The summed E-state index contributed by atoms with van der Waals surface area (Å²) < 4.78 is 42.4. The Balaban J connectivity index is 1.53. The van der Waals surface area contributed by atoms with Crippen molar-refractivity contribution in [2.75, 3.05) is 6.61 Å². The van der Waals surface area contributed by atoms with Gasteiger partial charge in [0.1, 0.15) is 6.61 Å². The number of carbonyl (C=O) groups is 1. The SMILES string of the molecule is O=C(NCc1ccc(COCC(F)(F)F)cc1)c1cnn(-c2ccccc2Cl)c1. The molecule has 9 heteroatoms. The Morgan fingerprint density at radius 2 is 1.79 bits per heavy atom. The van der Waals surface area contributed by atoms with Crippen molar-refractivity contribution >= 4 is 17.5 Å². The third-order valence-corrected chi connectivity index (χ3v) is 4.27. The summed E-state index contributed by atoms with van der Waals surface area (Å²) in [4.78, 5) is 12.3. The molecular weight excluding hydrogens is 407 g/mol. The zero-order valence-electron chi connectivity index (χ0n) is 15.1. The average Bonchev–Trinajstić information content (AvgIpc) is 3.16. The van der Waals surface area contributed by atoms with Crippen LogP contribution >= 0.6 is 11.6 Å². The Labute approximate surface area is 170 Å². The molecule has 0 aliphatic carbocycles. The standard InChI is InChI=1S/C20H17ClF3N3O2/c21-17-3-1-2-4-18(17)27-11-16(10-26-27)19(28)25-9-14-5-7-15(8-6-14)12-29-13-20(22,23)24/h1-8,10-11H,9,12-13H2,(H,25,28). The first kappa shape index (κ1) is 20.9. The highest BCUT2D eigenvalue weighted by Crippen LogP contribution is 2.19. The highest BCUT2D eigenvalue weighted by atomic mass is 35.5. The number of aromatic nitrogens is 2. The lowest BCUT2D eigenvalue weighted by Crippen LogP contribution is -2.22. The second kappa shape index (κ2) is 9.11. The van der Waals surface area contributed by atoms with Crippen molar-refractivity contribution in [2.24, 2.45) is 0 Å². The molecule has 3 aromatic rings. The van der Waals surface area contributed by atoms with Gasteiger partial charge in [0.2, 0.25) is 0 Å². The number of benzene rings is 2. The molecule has 0 atom stereocenters. The quantitative estimate of drug-likeness (QED) is 0.607. The molecule has 0 saturated heterocycles. The molecule has 1 amide bonds. The molecule has 0 saturated carbocycles. The van der Waals surface area contributed by atoms with Crippen LogP contribution in [0, 0.1) is 0 Å². The normalized spacial score (nSPS) is 11.4. The Hall–Kier alpha value is -2.84. The van der Waals surface area contributed by atoms with Crippen LogP contribution in [-0.2, 0) is 17.9 Å². The van der Waals surface area contributed by atoms with E-state index in [0.29, 0.717) is 21.8 Å². The number of halogens is 4. The van der Waals surface area contributed by atoms with Gasteiger partial charge in [-0.05, 0) is 23.3 Å². The minimum atomic E-state index is -4.34. The maximum Gasteiger partial charge on any atom is 0.411 e. The van der Waals surface area contributed by atoms with Crippen molar-refractivity contribution in [3.05, 3.63) is 82.6 Å². The largest absolute Gasteiger partial charge is 0.411 e. The van der Waals surface area contributed by atoms with E-state index in [4.69, 9.17) is 11.6 Å². The molecule has 0 spiro atoms. The summed E-state index contributed by atoms with van der Waals surface area (Å²) in [6.07, 6.45) is -1.32. The summed E-state index contributed by atoms with van der Waals surface area (Å²) in [5.74, 6) is -0.305. The maximum atomic E-state index is 12.3. The van der Waals surface area contributed by atoms with E-state index in [1.54, 1.807) is 48.7 Å². The van der Waals surface area contributed by atoms with E-state index < -0.39 is 12.8 Å². The Morgan fingerprint density at radius 3 is 2.48 bits per heavy atom. The van der Waals surface area contributed by atoms with Gasteiger partial charge in [0.05, 0.1) is 29.1 Å². The van der Waals surface area contributed by atoms with Gasteiger partial charge >= 0.3 is 6.18 Å². The van der Waals surface area contributed by atoms with Gasteiger partial charge in [-0.15, -0.1) is 0 Å². The van der Waals surface area contributed by atoms with Gasteiger partial charge in [-0.1, -0.05) is 48.0 Å². The minimum Gasteiger partial charge on any atom is -0.367 e. The number of hydrogen-bond donors (Lipinski definition) is 1. The number of carbonyl (C=O) groups excluding carboxylic acids is 1. The third kappa shape index (κ3) is 6.07. The highest BCUT2D eigenvalue weighted by Gasteiger charge is 2.27. The predicted octanol–water partition coefficient (Wildman–Crippen LogP) is 4.53. The van der Waals surface area contributed by atoms with E-state index in [2.05, 4.69) is 15.2 Å². The van der Waals surface area contributed by atoms with Crippen molar-refractivity contribution in [3.8, 4) is 5.69 Å². The fraction of sp³-hybridized carbons (Fsp3) is 0.200. The van der Waals surface area contributed by atoms with Crippen LogP contribution in [0.2, 0.25) is 5.02 Å². The summed E-state index contributed by atoms with van der Waals surface area (Å²) in [6, 6.07) is 13.9. The molecular formula is C20H17ClF3N3O2. The van der Waals surface area contributed by atoms with Crippen LogP contribution in [0.15, 0.2) is 60.9 Å². The van der Waals surface area contributed by atoms with Crippen molar-refractivity contribution < 1.29 is 22.7 Å². The Bertz CT molecular complexity index is 972.